The Morgan fingerprint density at radius 2 is 1.85 bits per heavy atom. The number of aromatic nitrogens is 5. The minimum atomic E-state index is -4.72. The van der Waals surface area contributed by atoms with E-state index in [9.17, 15) is 18.0 Å². The molecule has 0 spiro atoms. The van der Waals surface area contributed by atoms with Crippen molar-refractivity contribution in [3.63, 3.8) is 0 Å². The lowest BCUT2D eigenvalue weighted by Gasteiger charge is -2.00. The molecule has 136 valence electrons. The highest BCUT2D eigenvalue weighted by Crippen LogP contribution is 2.29. The third-order valence-electron chi connectivity index (χ3n) is 3.55. The largest absolute Gasteiger partial charge is 0.471 e. The van der Waals surface area contributed by atoms with Crippen molar-refractivity contribution in [1.82, 2.24) is 24.5 Å². The Morgan fingerprint density at radius 1 is 1.07 bits per heavy atom. The molecule has 4 aromatic heterocycles. The third-order valence-corrected chi connectivity index (χ3v) is 3.55. The molecule has 4 aromatic rings. The first-order valence-electron chi connectivity index (χ1n) is 7.51. The molecule has 0 unspecified atom stereocenters. The lowest BCUT2D eigenvalue weighted by atomic mass is 10.3. The molecule has 0 aromatic carbocycles. The number of anilines is 1. The number of hydrogen-bond acceptors (Lipinski definition) is 6. The van der Waals surface area contributed by atoms with Crippen LogP contribution in [-0.2, 0) is 6.18 Å². The molecule has 4 rings (SSSR count). The van der Waals surface area contributed by atoms with E-state index in [0.29, 0.717) is 11.3 Å². The average Bonchev–Trinajstić information content (AvgIpc) is 3.29. The van der Waals surface area contributed by atoms with Crippen LogP contribution in [-0.4, -0.2) is 30.4 Å². The minimum Gasteiger partial charge on any atom is -0.329 e. The first-order valence-corrected chi connectivity index (χ1v) is 7.51. The number of carbonyl (C=O) groups excluding carboxylic acids is 1. The fourth-order valence-electron chi connectivity index (χ4n) is 2.32. The Hall–Kier alpha value is -3.76. The molecule has 0 fully saturated rings. The fourth-order valence-corrected chi connectivity index (χ4v) is 2.32. The number of imidazole rings is 1. The Morgan fingerprint density at radius 3 is 2.56 bits per heavy atom. The maximum Gasteiger partial charge on any atom is 0.471 e. The quantitative estimate of drug-likeness (QED) is 0.592. The number of nitrogens with one attached hydrogen (secondary N) is 1. The van der Waals surface area contributed by atoms with Crippen LogP contribution in [0.15, 0.2) is 53.6 Å². The van der Waals surface area contributed by atoms with E-state index in [2.05, 4.69) is 29.9 Å². The number of fused-ring (bicyclic) bond motifs is 1. The molecule has 1 N–H and O–H groups in total. The number of amides is 1. The molecule has 0 radical (unpaired) electrons. The van der Waals surface area contributed by atoms with E-state index in [-0.39, 0.29) is 17.1 Å². The van der Waals surface area contributed by atoms with Gasteiger partial charge in [0, 0.05) is 36.0 Å². The van der Waals surface area contributed by atoms with Gasteiger partial charge in [-0.1, -0.05) is 5.16 Å². The van der Waals surface area contributed by atoms with Crippen LogP contribution in [0.5, 0.6) is 0 Å². The summed E-state index contributed by atoms with van der Waals surface area (Å²) < 4.78 is 43.5. The second-order valence-electron chi connectivity index (χ2n) is 5.42. The minimum absolute atomic E-state index is 0.132. The normalized spacial score (nSPS) is 11.7. The number of pyridine rings is 2. The lowest BCUT2D eigenvalue weighted by Crippen LogP contribution is -2.12. The smallest absolute Gasteiger partial charge is 0.329 e. The highest BCUT2D eigenvalue weighted by Gasteiger charge is 2.38. The van der Waals surface area contributed by atoms with Gasteiger partial charge in [0.1, 0.15) is 11.3 Å². The first-order chi connectivity index (χ1) is 12.9. The lowest BCUT2D eigenvalue weighted by molar-refractivity contribution is -0.159. The van der Waals surface area contributed by atoms with E-state index in [4.69, 9.17) is 0 Å². The predicted molar refractivity (Wildman–Crippen MR) is 85.7 cm³/mol. The van der Waals surface area contributed by atoms with E-state index in [1.807, 2.05) is 0 Å². The maximum absolute atomic E-state index is 12.6. The van der Waals surface area contributed by atoms with Crippen molar-refractivity contribution in [2.24, 2.45) is 0 Å². The summed E-state index contributed by atoms with van der Waals surface area (Å²) in [6, 6.07) is 6.26. The third kappa shape index (κ3) is 3.34. The van der Waals surface area contributed by atoms with E-state index < -0.39 is 18.0 Å². The van der Waals surface area contributed by atoms with Gasteiger partial charge in [0.15, 0.2) is 0 Å². The van der Waals surface area contributed by atoms with Crippen molar-refractivity contribution < 1.29 is 22.5 Å². The molecular formula is C16H9F3N6O2. The first kappa shape index (κ1) is 16.7. The van der Waals surface area contributed by atoms with E-state index in [0.717, 1.165) is 0 Å². The Bertz CT molecular complexity index is 1120. The summed E-state index contributed by atoms with van der Waals surface area (Å²) in [4.78, 5) is 23.6. The van der Waals surface area contributed by atoms with Crippen LogP contribution in [0.2, 0.25) is 0 Å². The Labute approximate surface area is 148 Å². The van der Waals surface area contributed by atoms with Crippen molar-refractivity contribution in [2.75, 3.05) is 5.32 Å². The van der Waals surface area contributed by atoms with E-state index >= 15 is 0 Å². The topological polar surface area (TPSA) is 98.2 Å². The predicted octanol–water partition coefficient (Wildman–Crippen LogP) is 3.05. The molecule has 4 heterocycles. The molecular weight excluding hydrogens is 365 g/mol. The highest BCUT2D eigenvalue weighted by molar-refractivity contribution is 6.03. The van der Waals surface area contributed by atoms with Crippen molar-refractivity contribution >= 4 is 17.2 Å². The van der Waals surface area contributed by atoms with Crippen LogP contribution in [0.1, 0.15) is 16.4 Å². The molecule has 27 heavy (non-hydrogen) atoms. The van der Waals surface area contributed by atoms with Crippen LogP contribution in [0.4, 0.5) is 18.9 Å². The Balaban J connectivity index is 1.62. The van der Waals surface area contributed by atoms with Crippen molar-refractivity contribution in [3.05, 3.63) is 60.6 Å². The second-order valence-corrected chi connectivity index (χ2v) is 5.42. The Kier molecular flexibility index (Phi) is 3.83. The number of halogens is 3. The van der Waals surface area contributed by atoms with E-state index in [1.54, 1.807) is 12.1 Å². The van der Waals surface area contributed by atoms with Crippen LogP contribution in [0.3, 0.4) is 0 Å². The maximum atomic E-state index is 12.6. The van der Waals surface area contributed by atoms with Gasteiger partial charge in [-0.05, 0) is 24.3 Å². The SMILES string of the molecule is O=C(Nc1ccncc1)c1cn2cc(-c3noc(C(F)(F)F)n3)ccc2n1. The zero-order valence-corrected chi connectivity index (χ0v) is 13.3. The molecule has 0 aliphatic carbocycles. The summed E-state index contributed by atoms with van der Waals surface area (Å²) in [5.41, 5.74) is 1.39. The standard InChI is InChI=1S/C16H9F3N6O2/c17-16(18,19)15-23-13(24-27-15)9-1-2-12-22-11(8-25(12)7-9)14(26)21-10-3-5-20-6-4-10/h1-8H,(H,20,21,26). The zero-order chi connectivity index (χ0) is 19.0. The van der Waals surface area contributed by atoms with Gasteiger partial charge in [-0.25, -0.2) is 4.98 Å². The summed E-state index contributed by atoms with van der Waals surface area (Å²) in [5, 5.41) is 6.00. The van der Waals surface area contributed by atoms with Crippen molar-refractivity contribution in [2.45, 2.75) is 6.18 Å². The number of alkyl halides is 3. The van der Waals surface area contributed by atoms with Gasteiger partial charge < -0.3 is 14.2 Å². The molecule has 0 atom stereocenters. The molecule has 0 bridgehead atoms. The van der Waals surface area contributed by atoms with E-state index in [1.165, 1.54) is 41.3 Å². The monoisotopic (exact) mass is 374 g/mol. The highest BCUT2D eigenvalue weighted by atomic mass is 19.4. The number of rotatable bonds is 3. The van der Waals surface area contributed by atoms with Crippen molar-refractivity contribution in [1.29, 1.82) is 0 Å². The molecule has 8 nitrogen and oxygen atoms in total. The van der Waals surface area contributed by atoms with Crippen LogP contribution in [0, 0.1) is 0 Å². The molecule has 0 saturated carbocycles. The van der Waals surface area contributed by atoms with Crippen LogP contribution >= 0.6 is 0 Å². The number of carbonyl (C=O) groups is 1. The number of nitrogens with zero attached hydrogens (tertiary/aromatic N) is 5. The van der Waals surface area contributed by atoms with Gasteiger partial charge in [0.05, 0.1) is 0 Å². The molecule has 11 heteroatoms. The zero-order valence-electron chi connectivity index (χ0n) is 13.3. The summed E-state index contributed by atoms with van der Waals surface area (Å²) in [6.45, 7) is 0. The van der Waals surface area contributed by atoms with Crippen LogP contribution in [0.25, 0.3) is 17.0 Å². The van der Waals surface area contributed by atoms with Gasteiger partial charge in [-0.3, -0.25) is 9.78 Å². The second kappa shape index (κ2) is 6.20. The summed E-state index contributed by atoms with van der Waals surface area (Å²) in [7, 11) is 0. The fraction of sp³-hybridized carbons (Fsp3) is 0.0625. The number of hydrogen-bond donors (Lipinski definition) is 1. The summed E-state index contributed by atoms with van der Waals surface area (Å²) >= 11 is 0. The average molecular weight is 374 g/mol. The van der Waals surface area contributed by atoms with Gasteiger partial charge in [0.2, 0.25) is 5.82 Å². The van der Waals surface area contributed by atoms with Gasteiger partial charge in [0.25, 0.3) is 5.91 Å². The summed E-state index contributed by atoms with van der Waals surface area (Å²) in [6.07, 6.45) is 1.25. The van der Waals surface area contributed by atoms with Gasteiger partial charge in [-0.2, -0.15) is 18.2 Å². The molecule has 1 amide bonds. The van der Waals surface area contributed by atoms with Crippen LogP contribution < -0.4 is 5.32 Å². The summed E-state index contributed by atoms with van der Waals surface area (Å²) in [5.74, 6) is -2.09. The van der Waals surface area contributed by atoms with Gasteiger partial charge >= 0.3 is 12.1 Å². The molecule has 0 saturated heterocycles. The van der Waals surface area contributed by atoms with Crippen molar-refractivity contribution in [3.8, 4) is 11.4 Å². The molecule has 0 aliphatic heterocycles. The van der Waals surface area contributed by atoms with Gasteiger partial charge in [-0.15, -0.1) is 0 Å². The molecule has 0 aliphatic rings.